The van der Waals surface area contributed by atoms with Gasteiger partial charge in [-0.05, 0) is 41.2 Å². The van der Waals surface area contributed by atoms with E-state index < -0.39 is 24.2 Å². The van der Waals surface area contributed by atoms with Crippen LogP contribution in [0.25, 0.3) is 11.1 Å². The Hall–Kier alpha value is -3.05. The molecule has 0 aliphatic heterocycles. The Morgan fingerprint density at radius 2 is 1.56 bits per heavy atom. The number of hydrogen-bond acceptors (Lipinski definition) is 4. The van der Waals surface area contributed by atoms with Crippen LogP contribution in [-0.2, 0) is 4.79 Å². The lowest BCUT2D eigenvalue weighted by Crippen LogP contribution is -2.49. The van der Waals surface area contributed by atoms with E-state index in [9.17, 15) is 18.0 Å². The highest BCUT2D eigenvalue weighted by atomic mass is 19.4. The maximum Gasteiger partial charge on any atom is 0.407 e. The molecule has 2 aromatic carbocycles. The molecule has 32 heavy (non-hydrogen) atoms. The molecule has 0 radical (unpaired) electrons. The second-order valence-corrected chi connectivity index (χ2v) is 8.26. The zero-order chi connectivity index (χ0) is 23.9. The topological polar surface area (TPSA) is 68.2 Å². The summed E-state index contributed by atoms with van der Waals surface area (Å²) in [7, 11) is 3.86. The maximum absolute atomic E-state index is 13.9. The Morgan fingerprint density at radius 3 is 2.00 bits per heavy atom. The molecule has 0 saturated carbocycles. The number of carbonyl (C=O) groups excluding carboxylic acids is 1. The number of carbonyl (C=O) groups is 1. The first kappa shape index (κ1) is 25.2. The van der Waals surface area contributed by atoms with Crippen LogP contribution < -0.4 is 15.5 Å². The lowest BCUT2D eigenvalue weighted by atomic mass is 9.97. The third kappa shape index (κ3) is 6.99. The molecule has 0 bridgehead atoms. The Balaban J connectivity index is 2.28. The molecule has 2 rings (SSSR count). The Morgan fingerprint density at radius 1 is 1.03 bits per heavy atom. The summed E-state index contributed by atoms with van der Waals surface area (Å²) in [5.74, 6) is -0.631. The summed E-state index contributed by atoms with van der Waals surface area (Å²) >= 11 is 0. The number of benzene rings is 2. The average Bonchev–Trinajstić information content (AvgIpc) is 2.74. The van der Waals surface area contributed by atoms with Crippen molar-refractivity contribution in [2.45, 2.75) is 38.5 Å². The van der Waals surface area contributed by atoms with Gasteiger partial charge in [-0.3, -0.25) is 10.1 Å². The Bertz CT molecular complexity index is 916. The zero-order valence-corrected chi connectivity index (χ0v) is 18.7. The maximum atomic E-state index is 13.9. The van der Waals surface area contributed by atoms with Crippen LogP contribution in [0.2, 0.25) is 0 Å². The van der Waals surface area contributed by atoms with Gasteiger partial charge in [-0.2, -0.15) is 18.4 Å². The number of nitrogens with one attached hydrogen (secondary N) is 2. The van der Waals surface area contributed by atoms with Gasteiger partial charge in [0.1, 0.15) is 12.6 Å². The second kappa shape index (κ2) is 11.0. The molecule has 0 saturated heterocycles. The molecule has 1 unspecified atom stereocenters. The summed E-state index contributed by atoms with van der Waals surface area (Å²) in [6.07, 6.45) is -4.39. The van der Waals surface area contributed by atoms with Gasteiger partial charge >= 0.3 is 6.18 Å². The van der Waals surface area contributed by atoms with Crippen LogP contribution in [0.5, 0.6) is 0 Å². The molecule has 172 valence electrons. The minimum Gasteiger partial charge on any atom is -0.378 e. The van der Waals surface area contributed by atoms with Crippen molar-refractivity contribution in [3.63, 3.8) is 0 Å². The number of amides is 1. The minimum absolute atomic E-state index is 0.0123. The van der Waals surface area contributed by atoms with E-state index in [1.54, 1.807) is 18.2 Å². The van der Waals surface area contributed by atoms with Crippen LogP contribution in [0.15, 0.2) is 48.5 Å². The standard InChI is InChI=1S/C24H29F3N4O/c1-16(2)15-21(23(32)29-14-13-28)30-22(24(25,26)27)19-7-5-17(6-8-19)18-9-11-20(12-10-18)31(3)4/h5-12,16,21-22,30H,14-15H2,1-4H3,(H,29,32)/t21-,22?/m0/s1. The van der Waals surface area contributed by atoms with Gasteiger partial charge in [0.25, 0.3) is 0 Å². The molecule has 0 aliphatic rings. The second-order valence-electron chi connectivity index (χ2n) is 8.26. The molecule has 0 fully saturated rings. The smallest absolute Gasteiger partial charge is 0.378 e. The fraction of sp³-hybridized carbons (Fsp3) is 0.417. The Kier molecular flexibility index (Phi) is 8.67. The summed E-state index contributed by atoms with van der Waals surface area (Å²) in [5.41, 5.74) is 2.74. The van der Waals surface area contributed by atoms with E-state index in [1.807, 2.05) is 57.1 Å². The number of nitrogens with zero attached hydrogens (tertiary/aromatic N) is 2. The molecular weight excluding hydrogens is 417 g/mol. The summed E-state index contributed by atoms with van der Waals surface area (Å²) < 4.78 is 41.7. The Labute approximate surface area is 187 Å². The predicted octanol–water partition coefficient (Wildman–Crippen LogP) is 4.67. The monoisotopic (exact) mass is 446 g/mol. The lowest BCUT2D eigenvalue weighted by Gasteiger charge is -2.28. The third-order valence-electron chi connectivity index (χ3n) is 5.02. The van der Waals surface area contributed by atoms with Crippen molar-refractivity contribution in [1.29, 1.82) is 5.26 Å². The normalized spacial score (nSPS) is 13.3. The van der Waals surface area contributed by atoms with Gasteiger partial charge in [-0.15, -0.1) is 0 Å². The highest BCUT2D eigenvalue weighted by molar-refractivity contribution is 5.82. The van der Waals surface area contributed by atoms with Crippen molar-refractivity contribution in [3.8, 4) is 17.2 Å². The molecule has 2 atom stereocenters. The number of anilines is 1. The van der Waals surface area contributed by atoms with Gasteiger partial charge in [-0.1, -0.05) is 50.2 Å². The molecule has 8 heteroatoms. The van der Waals surface area contributed by atoms with Crippen LogP contribution in [0.1, 0.15) is 31.9 Å². The number of halogens is 3. The largest absolute Gasteiger partial charge is 0.407 e. The van der Waals surface area contributed by atoms with E-state index in [4.69, 9.17) is 5.26 Å². The third-order valence-corrected chi connectivity index (χ3v) is 5.02. The first-order chi connectivity index (χ1) is 15.0. The average molecular weight is 447 g/mol. The fourth-order valence-corrected chi connectivity index (χ4v) is 3.37. The van der Waals surface area contributed by atoms with Crippen molar-refractivity contribution in [2.24, 2.45) is 5.92 Å². The lowest BCUT2D eigenvalue weighted by molar-refractivity contribution is -0.161. The van der Waals surface area contributed by atoms with E-state index >= 15 is 0 Å². The quantitative estimate of drug-likeness (QED) is 0.550. The van der Waals surface area contributed by atoms with Gasteiger partial charge in [-0.25, -0.2) is 0 Å². The van der Waals surface area contributed by atoms with Gasteiger partial charge in [0.15, 0.2) is 0 Å². The molecular formula is C24H29F3N4O. The number of nitriles is 1. The summed E-state index contributed by atoms with van der Waals surface area (Å²) in [6, 6.07) is 12.6. The van der Waals surface area contributed by atoms with Gasteiger partial charge in [0.2, 0.25) is 5.91 Å². The highest BCUT2D eigenvalue weighted by Crippen LogP contribution is 2.34. The van der Waals surface area contributed by atoms with Crippen molar-refractivity contribution in [3.05, 3.63) is 54.1 Å². The van der Waals surface area contributed by atoms with E-state index in [0.29, 0.717) is 0 Å². The minimum atomic E-state index is -4.60. The van der Waals surface area contributed by atoms with E-state index in [0.717, 1.165) is 16.8 Å². The van der Waals surface area contributed by atoms with Crippen LogP contribution in [0.4, 0.5) is 18.9 Å². The zero-order valence-electron chi connectivity index (χ0n) is 18.7. The van der Waals surface area contributed by atoms with Gasteiger partial charge in [0.05, 0.1) is 12.1 Å². The molecule has 0 aliphatic carbocycles. The summed E-state index contributed by atoms with van der Waals surface area (Å²) in [5, 5.41) is 13.5. The molecule has 2 aromatic rings. The number of alkyl halides is 3. The summed E-state index contributed by atoms with van der Waals surface area (Å²) in [4.78, 5) is 14.3. The van der Waals surface area contributed by atoms with E-state index in [-0.39, 0.29) is 24.4 Å². The first-order valence-corrected chi connectivity index (χ1v) is 10.4. The van der Waals surface area contributed by atoms with Crippen LogP contribution in [-0.4, -0.2) is 38.8 Å². The molecule has 1 amide bonds. The van der Waals surface area contributed by atoms with Gasteiger partial charge in [0, 0.05) is 19.8 Å². The number of hydrogen-bond donors (Lipinski definition) is 2. The van der Waals surface area contributed by atoms with Crippen LogP contribution in [0.3, 0.4) is 0 Å². The van der Waals surface area contributed by atoms with E-state index in [2.05, 4.69) is 10.6 Å². The van der Waals surface area contributed by atoms with Crippen molar-refractivity contribution in [2.75, 3.05) is 25.5 Å². The molecule has 0 heterocycles. The molecule has 0 aromatic heterocycles. The molecule has 2 N–H and O–H groups in total. The predicted molar refractivity (Wildman–Crippen MR) is 120 cm³/mol. The number of rotatable bonds is 9. The molecule has 0 spiro atoms. The SMILES string of the molecule is CC(C)C[C@H](NC(c1ccc(-c2ccc(N(C)C)cc2)cc1)C(F)(F)F)C(=O)NCC#N. The van der Waals surface area contributed by atoms with Crippen molar-refractivity contribution < 1.29 is 18.0 Å². The van der Waals surface area contributed by atoms with Gasteiger partial charge < -0.3 is 10.2 Å². The van der Waals surface area contributed by atoms with Crippen molar-refractivity contribution >= 4 is 11.6 Å². The first-order valence-electron chi connectivity index (χ1n) is 10.4. The fourth-order valence-electron chi connectivity index (χ4n) is 3.37. The van der Waals surface area contributed by atoms with Crippen LogP contribution >= 0.6 is 0 Å². The highest BCUT2D eigenvalue weighted by Gasteiger charge is 2.42. The summed E-state index contributed by atoms with van der Waals surface area (Å²) in [6.45, 7) is 3.39. The van der Waals surface area contributed by atoms with Crippen LogP contribution in [0, 0.1) is 17.2 Å². The molecule has 5 nitrogen and oxygen atoms in total. The van der Waals surface area contributed by atoms with E-state index in [1.165, 1.54) is 12.1 Å². The van der Waals surface area contributed by atoms with Crippen molar-refractivity contribution in [1.82, 2.24) is 10.6 Å².